The van der Waals surface area contributed by atoms with Crippen molar-refractivity contribution in [1.29, 1.82) is 0 Å². The summed E-state index contributed by atoms with van der Waals surface area (Å²) in [4.78, 5) is 11.5. The fourth-order valence-corrected chi connectivity index (χ4v) is 1.21. The molecule has 1 amide bonds. The van der Waals surface area contributed by atoms with Crippen LogP contribution in [0.15, 0.2) is 24.3 Å². The lowest BCUT2D eigenvalue weighted by Gasteiger charge is -2.10. The van der Waals surface area contributed by atoms with Gasteiger partial charge in [0.15, 0.2) is 0 Å². The Morgan fingerprint density at radius 3 is 2.67 bits per heavy atom. The van der Waals surface area contributed by atoms with Crippen molar-refractivity contribution in [2.24, 2.45) is 0 Å². The van der Waals surface area contributed by atoms with E-state index in [0.29, 0.717) is 12.1 Å². The highest BCUT2D eigenvalue weighted by molar-refractivity contribution is 5.93. The number of aliphatic hydroxyl groups is 1. The summed E-state index contributed by atoms with van der Waals surface area (Å²) in [7, 11) is 1.49. The Morgan fingerprint density at radius 2 is 2.11 bits per heavy atom. The predicted octanol–water partition coefficient (Wildman–Crippen LogP) is 1.39. The summed E-state index contributed by atoms with van der Waals surface area (Å²) in [6.45, 7) is 1.75. The van der Waals surface area contributed by atoms with Gasteiger partial charge in [0.1, 0.15) is 6.10 Å². The van der Waals surface area contributed by atoms with Gasteiger partial charge in [0.05, 0.1) is 6.61 Å². The van der Waals surface area contributed by atoms with Gasteiger partial charge in [-0.3, -0.25) is 4.79 Å². The molecule has 1 aromatic rings. The molecule has 1 aromatic carbocycles. The molecule has 0 saturated heterocycles. The van der Waals surface area contributed by atoms with Gasteiger partial charge in [0.25, 0.3) is 5.91 Å². The molecule has 18 heavy (non-hydrogen) atoms. The first-order chi connectivity index (χ1) is 8.67. The second-order valence-corrected chi connectivity index (χ2v) is 3.72. The van der Waals surface area contributed by atoms with E-state index in [1.165, 1.54) is 7.11 Å². The van der Waals surface area contributed by atoms with Crippen molar-refractivity contribution in [3.63, 3.8) is 0 Å². The minimum absolute atomic E-state index is 0.0655. The maximum atomic E-state index is 11.5. The second-order valence-electron chi connectivity index (χ2n) is 3.72. The summed E-state index contributed by atoms with van der Waals surface area (Å²) in [6.07, 6.45) is -0.0156. The lowest BCUT2D eigenvalue weighted by atomic mass is 10.2. The third-order valence-corrected chi connectivity index (χ3v) is 2.34. The predicted molar refractivity (Wildman–Crippen MR) is 70.1 cm³/mol. The van der Waals surface area contributed by atoms with E-state index in [-0.39, 0.29) is 12.5 Å². The summed E-state index contributed by atoms with van der Waals surface area (Å²) in [5.74, 6) is 5.56. The maximum Gasteiger partial charge on any atom is 0.253 e. The number of aliphatic hydroxyl groups excluding tert-OH is 1. The van der Waals surface area contributed by atoms with Crippen LogP contribution in [0.3, 0.4) is 0 Å². The molecule has 4 heteroatoms. The molecule has 1 rings (SSSR count). The minimum Gasteiger partial charge on any atom is -0.395 e. The average molecular weight is 247 g/mol. The fourth-order valence-electron chi connectivity index (χ4n) is 1.21. The maximum absolute atomic E-state index is 11.5. The summed E-state index contributed by atoms with van der Waals surface area (Å²) in [5.41, 5.74) is 1.55. The van der Waals surface area contributed by atoms with Gasteiger partial charge in [-0.25, -0.2) is 0 Å². The molecule has 0 aromatic heterocycles. The van der Waals surface area contributed by atoms with Crippen molar-refractivity contribution < 1.29 is 14.6 Å². The molecule has 1 atom stereocenters. The molecule has 0 saturated carbocycles. The molecule has 0 aliphatic carbocycles. The van der Waals surface area contributed by atoms with Gasteiger partial charge in [-0.2, -0.15) is 0 Å². The van der Waals surface area contributed by atoms with E-state index in [4.69, 9.17) is 9.84 Å². The van der Waals surface area contributed by atoms with Crippen molar-refractivity contribution in [1.82, 2.24) is 0 Å². The van der Waals surface area contributed by atoms with Gasteiger partial charge in [0.2, 0.25) is 0 Å². The molecule has 0 heterocycles. The van der Waals surface area contributed by atoms with E-state index in [2.05, 4.69) is 17.2 Å². The molecule has 0 fully saturated rings. The van der Waals surface area contributed by atoms with Gasteiger partial charge in [0, 0.05) is 24.8 Å². The summed E-state index contributed by atoms with van der Waals surface area (Å²) < 4.78 is 4.92. The SMILES string of the molecule is COC(C)C(=O)Nc1ccc(C#CCCO)cc1. The molecule has 0 radical (unpaired) electrons. The fraction of sp³-hybridized carbons (Fsp3) is 0.357. The Morgan fingerprint density at radius 1 is 1.44 bits per heavy atom. The molecule has 0 spiro atoms. The molecular formula is C14H17NO3. The lowest BCUT2D eigenvalue weighted by molar-refractivity contribution is -0.124. The minimum atomic E-state index is -0.478. The molecular weight excluding hydrogens is 230 g/mol. The van der Waals surface area contributed by atoms with Gasteiger partial charge < -0.3 is 15.2 Å². The van der Waals surface area contributed by atoms with Crippen molar-refractivity contribution in [3.05, 3.63) is 29.8 Å². The van der Waals surface area contributed by atoms with E-state index >= 15 is 0 Å². The van der Waals surface area contributed by atoms with Crippen LogP contribution in [-0.4, -0.2) is 30.8 Å². The number of carbonyl (C=O) groups is 1. The van der Waals surface area contributed by atoms with Crippen LogP contribution in [0.25, 0.3) is 0 Å². The van der Waals surface area contributed by atoms with Crippen LogP contribution in [0.2, 0.25) is 0 Å². The van der Waals surface area contributed by atoms with Crippen molar-refractivity contribution in [3.8, 4) is 11.8 Å². The monoisotopic (exact) mass is 247 g/mol. The van der Waals surface area contributed by atoms with E-state index in [1.807, 2.05) is 12.1 Å². The van der Waals surface area contributed by atoms with Crippen molar-refractivity contribution in [2.75, 3.05) is 19.0 Å². The number of rotatable bonds is 4. The number of hydrogen-bond donors (Lipinski definition) is 2. The zero-order valence-corrected chi connectivity index (χ0v) is 10.6. The smallest absolute Gasteiger partial charge is 0.253 e. The third kappa shape index (κ3) is 4.58. The highest BCUT2D eigenvalue weighted by Crippen LogP contribution is 2.09. The number of carbonyl (C=O) groups excluding carboxylic acids is 1. The quantitative estimate of drug-likeness (QED) is 0.791. The van der Waals surface area contributed by atoms with Crippen LogP contribution in [0.1, 0.15) is 18.9 Å². The van der Waals surface area contributed by atoms with Gasteiger partial charge in [-0.1, -0.05) is 11.8 Å². The van der Waals surface area contributed by atoms with Gasteiger partial charge in [-0.05, 0) is 31.2 Å². The molecule has 96 valence electrons. The van der Waals surface area contributed by atoms with E-state index < -0.39 is 6.10 Å². The summed E-state index contributed by atoms with van der Waals surface area (Å²) in [6, 6.07) is 7.20. The number of hydrogen-bond acceptors (Lipinski definition) is 3. The number of benzene rings is 1. The highest BCUT2D eigenvalue weighted by Gasteiger charge is 2.10. The Hall–Kier alpha value is -1.83. The Bertz CT molecular complexity index is 442. The number of amides is 1. The molecule has 4 nitrogen and oxygen atoms in total. The molecule has 1 unspecified atom stereocenters. The molecule has 0 aliphatic heterocycles. The van der Waals surface area contributed by atoms with E-state index in [1.54, 1.807) is 19.1 Å². The first-order valence-electron chi connectivity index (χ1n) is 5.71. The molecule has 0 aliphatic rings. The first kappa shape index (κ1) is 14.2. The molecule has 2 N–H and O–H groups in total. The van der Waals surface area contributed by atoms with Gasteiger partial charge in [-0.15, -0.1) is 0 Å². The third-order valence-electron chi connectivity index (χ3n) is 2.34. The molecule has 0 bridgehead atoms. The first-order valence-corrected chi connectivity index (χ1v) is 5.71. The topological polar surface area (TPSA) is 58.6 Å². The van der Waals surface area contributed by atoms with Crippen LogP contribution < -0.4 is 5.32 Å². The van der Waals surface area contributed by atoms with E-state index in [0.717, 1.165) is 5.56 Å². The summed E-state index contributed by atoms with van der Waals surface area (Å²) >= 11 is 0. The lowest BCUT2D eigenvalue weighted by Crippen LogP contribution is -2.26. The largest absolute Gasteiger partial charge is 0.395 e. The van der Waals surface area contributed by atoms with Crippen molar-refractivity contribution >= 4 is 11.6 Å². The Balaban J connectivity index is 2.61. The number of methoxy groups -OCH3 is 1. The highest BCUT2D eigenvalue weighted by atomic mass is 16.5. The zero-order chi connectivity index (χ0) is 13.4. The second kappa shape index (κ2) is 7.49. The Kier molecular flexibility index (Phi) is 5.92. The van der Waals surface area contributed by atoms with Crippen LogP contribution in [0, 0.1) is 11.8 Å². The standard InChI is InChI=1S/C14H17NO3/c1-11(18-2)14(17)15-13-8-6-12(7-9-13)5-3-4-10-16/h6-9,11,16H,4,10H2,1-2H3,(H,15,17). The summed E-state index contributed by atoms with van der Waals surface area (Å²) in [5, 5.41) is 11.3. The number of anilines is 1. The Labute approximate surface area is 107 Å². The zero-order valence-electron chi connectivity index (χ0n) is 10.6. The van der Waals surface area contributed by atoms with Crippen molar-refractivity contribution in [2.45, 2.75) is 19.4 Å². The number of ether oxygens (including phenoxy) is 1. The van der Waals surface area contributed by atoms with Gasteiger partial charge >= 0.3 is 0 Å². The van der Waals surface area contributed by atoms with E-state index in [9.17, 15) is 4.79 Å². The normalized spacial score (nSPS) is 11.3. The average Bonchev–Trinajstić information content (AvgIpc) is 2.40. The van der Waals surface area contributed by atoms with Crippen LogP contribution in [0.5, 0.6) is 0 Å². The van der Waals surface area contributed by atoms with Crippen LogP contribution >= 0.6 is 0 Å². The van der Waals surface area contributed by atoms with Crippen LogP contribution in [0.4, 0.5) is 5.69 Å². The number of nitrogens with one attached hydrogen (secondary N) is 1. The van der Waals surface area contributed by atoms with Crippen LogP contribution in [-0.2, 0) is 9.53 Å².